The van der Waals surface area contributed by atoms with E-state index in [1.165, 1.54) is 5.56 Å². The molecule has 112 valence electrons. The molecule has 1 aliphatic heterocycles. The van der Waals surface area contributed by atoms with Gasteiger partial charge in [-0.3, -0.25) is 4.90 Å². The Kier molecular flexibility index (Phi) is 6.15. The summed E-state index contributed by atoms with van der Waals surface area (Å²) in [5, 5.41) is 0. The molecule has 0 radical (unpaired) electrons. The highest BCUT2D eigenvalue weighted by molar-refractivity contribution is 5.54. The van der Waals surface area contributed by atoms with Crippen LogP contribution in [0.2, 0.25) is 0 Å². The molecular weight excluding hydrogens is 252 g/mol. The molecule has 1 heterocycles. The van der Waals surface area contributed by atoms with Crippen LogP contribution in [0.5, 0.6) is 5.75 Å². The number of nitrogen functional groups attached to an aromatic ring is 1. The first kappa shape index (κ1) is 15.1. The van der Waals surface area contributed by atoms with E-state index < -0.39 is 0 Å². The zero-order chi connectivity index (χ0) is 14.2. The third kappa shape index (κ3) is 4.69. The Morgan fingerprint density at radius 1 is 1.30 bits per heavy atom. The van der Waals surface area contributed by atoms with Gasteiger partial charge in [-0.1, -0.05) is 13.0 Å². The number of hydrogen-bond donors (Lipinski definition) is 1. The van der Waals surface area contributed by atoms with E-state index in [0.717, 1.165) is 70.2 Å². The smallest absolute Gasteiger partial charge is 0.142 e. The summed E-state index contributed by atoms with van der Waals surface area (Å²) in [6.07, 6.45) is 3.23. The predicted molar refractivity (Wildman–Crippen MR) is 82.2 cm³/mol. The van der Waals surface area contributed by atoms with Crippen molar-refractivity contribution in [3.8, 4) is 5.75 Å². The minimum absolute atomic E-state index is 0.723. The van der Waals surface area contributed by atoms with Crippen LogP contribution in [0.3, 0.4) is 0 Å². The maximum atomic E-state index is 6.02. The normalized spacial score (nSPS) is 16.2. The Balaban J connectivity index is 1.76. The number of hydrogen-bond acceptors (Lipinski definition) is 4. The third-order valence-corrected chi connectivity index (χ3v) is 3.58. The molecule has 1 fully saturated rings. The molecule has 0 unspecified atom stereocenters. The maximum Gasteiger partial charge on any atom is 0.142 e. The second-order valence-corrected chi connectivity index (χ2v) is 5.28. The lowest BCUT2D eigenvalue weighted by Gasteiger charge is -2.26. The topological polar surface area (TPSA) is 47.7 Å². The van der Waals surface area contributed by atoms with Crippen LogP contribution in [-0.4, -0.2) is 44.4 Å². The Morgan fingerprint density at radius 2 is 2.10 bits per heavy atom. The summed E-state index contributed by atoms with van der Waals surface area (Å²) < 4.78 is 10.9. The van der Waals surface area contributed by atoms with E-state index in [4.69, 9.17) is 15.2 Å². The second kappa shape index (κ2) is 8.12. The number of nitrogens with two attached hydrogens (primary N) is 1. The van der Waals surface area contributed by atoms with Gasteiger partial charge in [-0.25, -0.2) is 0 Å². The number of benzene rings is 1. The minimum Gasteiger partial charge on any atom is -0.491 e. The predicted octanol–water partition coefficient (Wildman–Crippen LogP) is 2.32. The van der Waals surface area contributed by atoms with Crippen molar-refractivity contribution in [1.29, 1.82) is 0 Å². The highest BCUT2D eigenvalue weighted by atomic mass is 16.5. The van der Waals surface area contributed by atoms with Gasteiger partial charge in [0, 0.05) is 13.1 Å². The van der Waals surface area contributed by atoms with Crippen molar-refractivity contribution in [2.45, 2.75) is 26.2 Å². The van der Waals surface area contributed by atoms with Crippen LogP contribution in [-0.2, 0) is 11.2 Å². The Hall–Kier alpha value is -1.26. The van der Waals surface area contributed by atoms with Crippen LogP contribution in [0.15, 0.2) is 18.2 Å². The zero-order valence-electron chi connectivity index (χ0n) is 12.4. The molecule has 0 bridgehead atoms. The van der Waals surface area contributed by atoms with E-state index >= 15 is 0 Å². The highest BCUT2D eigenvalue weighted by Gasteiger charge is 2.09. The summed E-state index contributed by atoms with van der Waals surface area (Å²) in [4.78, 5) is 2.46. The molecule has 1 aliphatic rings. The third-order valence-electron chi connectivity index (χ3n) is 3.58. The van der Waals surface area contributed by atoms with Gasteiger partial charge in [-0.2, -0.15) is 0 Å². The second-order valence-electron chi connectivity index (χ2n) is 5.28. The first-order chi connectivity index (χ1) is 9.79. The van der Waals surface area contributed by atoms with Crippen molar-refractivity contribution in [3.63, 3.8) is 0 Å². The van der Waals surface area contributed by atoms with Gasteiger partial charge in [-0.15, -0.1) is 0 Å². The number of morpholine rings is 1. The van der Waals surface area contributed by atoms with E-state index in [-0.39, 0.29) is 0 Å². The molecule has 2 N–H and O–H groups in total. The van der Waals surface area contributed by atoms with Gasteiger partial charge in [-0.05, 0) is 43.5 Å². The van der Waals surface area contributed by atoms with Gasteiger partial charge in [0.15, 0.2) is 0 Å². The molecular formula is C16H26N2O2. The lowest BCUT2D eigenvalue weighted by molar-refractivity contribution is 0.0375. The summed E-state index contributed by atoms with van der Waals surface area (Å²) in [6.45, 7) is 7.82. The van der Waals surface area contributed by atoms with Crippen LogP contribution < -0.4 is 10.5 Å². The summed E-state index contributed by atoms with van der Waals surface area (Å²) >= 11 is 0. The number of anilines is 1. The quantitative estimate of drug-likeness (QED) is 0.778. The molecule has 2 rings (SSSR count). The monoisotopic (exact) mass is 278 g/mol. The van der Waals surface area contributed by atoms with E-state index in [1.807, 2.05) is 12.1 Å². The molecule has 4 nitrogen and oxygen atoms in total. The van der Waals surface area contributed by atoms with E-state index in [1.54, 1.807) is 0 Å². The molecule has 0 aliphatic carbocycles. The Morgan fingerprint density at radius 3 is 2.80 bits per heavy atom. The van der Waals surface area contributed by atoms with Gasteiger partial charge >= 0.3 is 0 Å². The standard InChI is InChI=1S/C16H26N2O2/c1-2-10-20-16-6-5-14(13-15(16)17)4-3-7-18-8-11-19-12-9-18/h5-6,13H,2-4,7-12,17H2,1H3. The number of ether oxygens (including phenoxy) is 2. The van der Waals surface area contributed by atoms with E-state index in [0.29, 0.717) is 0 Å². The van der Waals surface area contributed by atoms with E-state index in [9.17, 15) is 0 Å². The Bertz CT molecular complexity index is 403. The highest BCUT2D eigenvalue weighted by Crippen LogP contribution is 2.23. The maximum absolute atomic E-state index is 6.02. The molecule has 0 saturated carbocycles. The molecule has 0 spiro atoms. The average molecular weight is 278 g/mol. The van der Waals surface area contributed by atoms with Crippen molar-refractivity contribution in [1.82, 2.24) is 4.90 Å². The first-order valence-electron chi connectivity index (χ1n) is 7.61. The Labute approximate surface area is 121 Å². The van der Waals surface area contributed by atoms with Crippen molar-refractivity contribution in [2.24, 2.45) is 0 Å². The van der Waals surface area contributed by atoms with Gasteiger partial charge in [0.25, 0.3) is 0 Å². The summed E-state index contributed by atoms with van der Waals surface area (Å²) in [5.74, 6) is 0.809. The van der Waals surface area contributed by atoms with E-state index in [2.05, 4.69) is 17.9 Å². The van der Waals surface area contributed by atoms with Crippen molar-refractivity contribution >= 4 is 5.69 Å². The van der Waals surface area contributed by atoms with Crippen molar-refractivity contribution in [2.75, 3.05) is 45.2 Å². The largest absolute Gasteiger partial charge is 0.491 e. The summed E-state index contributed by atoms with van der Waals surface area (Å²) in [6, 6.07) is 6.17. The average Bonchev–Trinajstić information content (AvgIpc) is 2.47. The SMILES string of the molecule is CCCOc1ccc(CCCN2CCOCC2)cc1N. The van der Waals surface area contributed by atoms with Gasteiger partial charge in [0.05, 0.1) is 25.5 Å². The fourth-order valence-corrected chi connectivity index (χ4v) is 2.43. The molecule has 0 atom stereocenters. The molecule has 20 heavy (non-hydrogen) atoms. The van der Waals surface area contributed by atoms with Gasteiger partial charge < -0.3 is 15.2 Å². The van der Waals surface area contributed by atoms with Crippen LogP contribution in [0.25, 0.3) is 0 Å². The van der Waals surface area contributed by atoms with Crippen LogP contribution in [0.1, 0.15) is 25.3 Å². The molecule has 0 aromatic heterocycles. The minimum atomic E-state index is 0.723. The van der Waals surface area contributed by atoms with Crippen molar-refractivity contribution < 1.29 is 9.47 Å². The van der Waals surface area contributed by atoms with Gasteiger partial charge in [0.1, 0.15) is 5.75 Å². The fourth-order valence-electron chi connectivity index (χ4n) is 2.43. The molecule has 1 saturated heterocycles. The molecule has 1 aromatic carbocycles. The lowest BCUT2D eigenvalue weighted by Crippen LogP contribution is -2.36. The molecule has 4 heteroatoms. The van der Waals surface area contributed by atoms with Gasteiger partial charge in [0.2, 0.25) is 0 Å². The number of nitrogens with zero attached hydrogens (tertiary/aromatic N) is 1. The van der Waals surface area contributed by atoms with Crippen LogP contribution >= 0.6 is 0 Å². The fraction of sp³-hybridized carbons (Fsp3) is 0.625. The number of aryl methyl sites for hydroxylation is 1. The molecule has 1 aromatic rings. The lowest BCUT2D eigenvalue weighted by atomic mass is 10.1. The molecule has 0 amide bonds. The van der Waals surface area contributed by atoms with Crippen molar-refractivity contribution in [3.05, 3.63) is 23.8 Å². The van der Waals surface area contributed by atoms with Crippen LogP contribution in [0, 0.1) is 0 Å². The summed E-state index contributed by atoms with van der Waals surface area (Å²) in [7, 11) is 0. The number of rotatable bonds is 7. The first-order valence-corrected chi connectivity index (χ1v) is 7.61. The zero-order valence-corrected chi connectivity index (χ0v) is 12.4. The van der Waals surface area contributed by atoms with Crippen LogP contribution in [0.4, 0.5) is 5.69 Å². The summed E-state index contributed by atoms with van der Waals surface area (Å²) in [5.41, 5.74) is 8.07.